The fourth-order valence-corrected chi connectivity index (χ4v) is 4.40. The van der Waals surface area contributed by atoms with Crippen molar-refractivity contribution >= 4 is 23.1 Å². The van der Waals surface area contributed by atoms with E-state index in [1.165, 1.54) is 0 Å². The second-order valence-corrected chi connectivity index (χ2v) is 8.23. The van der Waals surface area contributed by atoms with E-state index in [9.17, 15) is 10.1 Å². The van der Waals surface area contributed by atoms with Crippen molar-refractivity contribution in [1.29, 1.82) is 5.26 Å². The van der Waals surface area contributed by atoms with E-state index >= 15 is 0 Å². The van der Waals surface area contributed by atoms with E-state index < -0.39 is 0 Å². The maximum Gasteiger partial charge on any atom is 0.264 e. The van der Waals surface area contributed by atoms with Gasteiger partial charge in [-0.1, -0.05) is 19.1 Å². The number of piperidine rings is 1. The Morgan fingerprint density at radius 2 is 2.03 bits per heavy atom. The van der Waals surface area contributed by atoms with Gasteiger partial charge in [-0.25, -0.2) is 4.98 Å². The summed E-state index contributed by atoms with van der Waals surface area (Å²) in [7, 11) is 0. The Balaban J connectivity index is 1.46. The lowest BCUT2D eigenvalue weighted by Gasteiger charge is -2.30. The van der Waals surface area contributed by atoms with Gasteiger partial charge < -0.3 is 13.9 Å². The molecular weight excluding hydrogens is 388 g/mol. The molecule has 160 valence electrons. The van der Waals surface area contributed by atoms with Crippen molar-refractivity contribution in [3.05, 3.63) is 58.7 Å². The van der Waals surface area contributed by atoms with Crippen molar-refractivity contribution in [2.75, 3.05) is 13.1 Å². The summed E-state index contributed by atoms with van der Waals surface area (Å²) in [4.78, 5) is 19.4. The van der Waals surface area contributed by atoms with Crippen molar-refractivity contribution in [2.45, 2.75) is 52.5 Å². The molecule has 0 saturated carbocycles. The molecule has 0 atom stereocenters. The molecule has 4 rings (SSSR count). The monoisotopic (exact) mass is 416 g/mol. The highest BCUT2D eigenvalue weighted by Gasteiger charge is 2.28. The van der Waals surface area contributed by atoms with Crippen molar-refractivity contribution in [1.82, 2.24) is 14.5 Å². The molecule has 1 aromatic carbocycles. The fourth-order valence-electron chi connectivity index (χ4n) is 4.40. The van der Waals surface area contributed by atoms with E-state index in [0.717, 1.165) is 59.7 Å². The number of para-hydroxylation sites is 2. The highest BCUT2D eigenvalue weighted by molar-refractivity contribution is 6.01. The number of nitriles is 1. The molecule has 0 aliphatic carbocycles. The molecule has 6 heteroatoms. The first-order valence-electron chi connectivity index (χ1n) is 10.9. The van der Waals surface area contributed by atoms with Crippen LogP contribution in [0.5, 0.6) is 0 Å². The molecule has 2 aromatic heterocycles. The zero-order chi connectivity index (χ0) is 22.0. The van der Waals surface area contributed by atoms with E-state index in [-0.39, 0.29) is 17.4 Å². The van der Waals surface area contributed by atoms with Crippen molar-refractivity contribution in [3.8, 4) is 6.07 Å². The highest BCUT2D eigenvalue weighted by Crippen LogP contribution is 2.30. The maximum absolute atomic E-state index is 13.0. The molecule has 0 spiro atoms. The average Bonchev–Trinajstić information content (AvgIpc) is 3.34. The number of hydrogen-bond donors (Lipinski definition) is 0. The number of carbonyl (C=O) groups excluding carboxylic acids is 1. The summed E-state index contributed by atoms with van der Waals surface area (Å²) in [6.45, 7) is 8.37. The third-order valence-electron chi connectivity index (χ3n) is 6.15. The van der Waals surface area contributed by atoms with Crippen LogP contribution in [0, 0.1) is 25.2 Å². The molecule has 0 bridgehead atoms. The normalized spacial score (nSPS) is 15.4. The Labute approximate surface area is 182 Å². The molecule has 3 heterocycles. The van der Waals surface area contributed by atoms with Crippen LogP contribution in [0.4, 0.5) is 0 Å². The smallest absolute Gasteiger partial charge is 0.264 e. The van der Waals surface area contributed by atoms with Gasteiger partial charge in [-0.3, -0.25) is 4.79 Å². The fraction of sp³-hybridized carbons (Fsp3) is 0.400. The van der Waals surface area contributed by atoms with Gasteiger partial charge in [-0.15, -0.1) is 0 Å². The summed E-state index contributed by atoms with van der Waals surface area (Å²) >= 11 is 0. The molecule has 1 fully saturated rings. The maximum atomic E-state index is 13.0. The second kappa shape index (κ2) is 8.81. The number of nitrogens with zero attached hydrogens (tertiary/aromatic N) is 4. The van der Waals surface area contributed by atoms with Crippen LogP contribution in [0.3, 0.4) is 0 Å². The summed E-state index contributed by atoms with van der Waals surface area (Å²) in [5.74, 6) is 0.741. The molecule has 6 nitrogen and oxygen atoms in total. The number of aromatic nitrogens is 2. The third-order valence-corrected chi connectivity index (χ3v) is 6.15. The van der Waals surface area contributed by atoms with Crippen molar-refractivity contribution in [3.63, 3.8) is 0 Å². The van der Waals surface area contributed by atoms with Crippen LogP contribution in [0.25, 0.3) is 17.2 Å². The number of likely N-dealkylation sites (tertiary alicyclic amines) is 1. The lowest BCUT2D eigenvalue weighted by molar-refractivity contribution is -0.127. The van der Waals surface area contributed by atoms with E-state index in [4.69, 9.17) is 4.42 Å². The number of benzene rings is 1. The lowest BCUT2D eigenvalue weighted by Crippen LogP contribution is -2.38. The van der Waals surface area contributed by atoms with Gasteiger partial charge in [0.15, 0.2) is 11.5 Å². The highest BCUT2D eigenvalue weighted by atomic mass is 16.3. The zero-order valence-corrected chi connectivity index (χ0v) is 18.4. The largest absolute Gasteiger partial charge is 0.440 e. The minimum absolute atomic E-state index is 0.192. The Kier molecular flexibility index (Phi) is 5.94. The minimum atomic E-state index is -0.196. The van der Waals surface area contributed by atoms with Gasteiger partial charge >= 0.3 is 0 Å². The number of hydrogen-bond acceptors (Lipinski definition) is 4. The molecule has 1 amide bonds. The van der Waals surface area contributed by atoms with Crippen LogP contribution in [0.1, 0.15) is 54.9 Å². The molecule has 3 aromatic rings. The van der Waals surface area contributed by atoms with Crippen LogP contribution in [0.15, 0.2) is 40.3 Å². The Morgan fingerprint density at radius 3 is 2.71 bits per heavy atom. The van der Waals surface area contributed by atoms with Crippen LogP contribution in [-0.4, -0.2) is 33.4 Å². The van der Waals surface area contributed by atoms with Crippen molar-refractivity contribution in [2.24, 2.45) is 0 Å². The van der Waals surface area contributed by atoms with Gasteiger partial charge in [0.2, 0.25) is 0 Å². The number of carbonyl (C=O) groups is 1. The number of oxazole rings is 1. The predicted molar refractivity (Wildman–Crippen MR) is 120 cm³/mol. The number of rotatable bonds is 5. The predicted octanol–water partition coefficient (Wildman–Crippen LogP) is 4.97. The van der Waals surface area contributed by atoms with Gasteiger partial charge in [0.25, 0.3) is 5.91 Å². The van der Waals surface area contributed by atoms with Gasteiger partial charge in [0, 0.05) is 36.9 Å². The Bertz CT molecular complexity index is 1140. The summed E-state index contributed by atoms with van der Waals surface area (Å²) in [6, 6.07) is 11.9. The molecule has 0 N–H and O–H groups in total. The van der Waals surface area contributed by atoms with E-state index in [1.807, 2.05) is 31.2 Å². The van der Waals surface area contributed by atoms with Gasteiger partial charge in [-0.2, -0.15) is 5.26 Å². The summed E-state index contributed by atoms with van der Waals surface area (Å²) in [5.41, 5.74) is 5.04. The lowest BCUT2D eigenvalue weighted by atomic mass is 9.96. The first-order chi connectivity index (χ1) is 15.0. The van der Waals surface area contributed by atoms with Gasteiger partial charge in [0.1, 0.15) is 17.2 Å². The molecule has 1 aliphatic rings. The number of fused-ring (bicyclic) bond motifs is 1. The Morgan fingerprint density at radius 1 is 1.29 bits per heavy atom. The summed E-state index contributed by atoms with van der Waals surface area (Å²) < 4.78 is 8.15. The van der Waals surface area contributed by atoms with Crippen LogP contribution in [0.2, 0.25) is 0 Å². The van der Waals surface area contributed by atoms with Crippen LogP contribution < -0.4 is 0 Å². The molecule has 1 aliphatic heterocycles. The third kappa shape index (κ3) is 4.13. The van der Waals surface area contributed by atoms with Crippen LogP contribution >= 0.6 is 0 Å². The zero-order valence-electron chi connectivity index (χ0n) is 18.4. The first kappa shape index (κ1) is 20.9. The molecule has 1 saturated heterocycles. The van der Waals surface area contributed by atoms with Crippen molar-refractivity contribution < 1.29 is 9.21 Å². The van der Waals surface area contributed by atoms with E-state index in [0.29, 0.717) is 13.1 Å². The van der Waals surface area contributed by atoms with Crippen LogP contribution in [-0.2, 0) is 11.3 Å². The molecule has 0 radical (unpaired) electrons. The minimum Gasteiger partial charge on any atom is -0.440 e. The first-order valence-corrected chi connectivity index (χ1v) is 10.9. The molecule has 0 unspecified atom stereocenters. The van der Waals surface area contributed by atoms with E-state index in [1.54, 1.807) is 11.0 Å². The van der Waals surface area contributed by atoms with Gasteiger partial charge in [0.05, 0.1) is 0 Å². The number of aryl methyl sites for hydroxylation is 1. The topological polar surface area (TPSA) is 75.1 Å². The number of amides is 1. The standard InChI is InChI=1S/C25H28N4O2/c1-4-11-29-17(2)14-20(18(29)3)15-21(16-26)25(30)28-12-9-19(10-13-28)24-27-22-7-5-6-8-23(22)31-24/h5-8,14-15,19H,4,9-13H2,1-3H3. The molecular formula is C25H28N4O2. The summed E-state index contributed by atoms with van der Waals surface area (Å²) in [6.07, 6.45) is 4.34. The quantitative estimate of drug-likeness (QED) is 0.435. The average molecular weight is 417 g/mol. The molecule has 31 heavy (non-hydrogen) atoms. The Hall–Kier alpha value is -3.33. The second-order valence-electron chi connectivity index (χ2n) is 8.23. The summed E-state index contributed by atoms with van der Waals surface area (Å²) in [5, 5.41) is 9.67. The SMILES string of the molecule is CCCn1c(C)cc(C=C(C#N)C(=O)N2CCC(c3nc4ccccc4o3)CC2)c1C. The van der Waals surface area contributed by atoms with E-state index in [2.05, 4.69) is 35.5 Å². The van der Waals surface area contributed by atoms with Gasteiger partial charge in [-0.05, 0) is 62.9 Å².